The van der Waals surface area contributed by atoms with E-state index in [-0.39, 0.29) is 48.9 Å². The summed E-state index contributed by atoms with van der Waals surface area (Å²) in [6, 6.07) is -0.463. The molecule has 1 aliphatic heterocycles. The van der Waals surface area contributed by atoms with Gasteiger partial charge in [-0.2, -0.15) is 0 Å². The molecule has 4 unspecified atom stereocenters. The molecule has 3 rings (SSSR count). The lowest BCUT2D eigenvalue weighted by molar-refractivity contribution is -0.136. The Morgan fingerprint density at radius 2 is 1.60 bits per heavy atom. The van der Waals surface area contributed by atoms with Crippen molar-refractivity contribution in [1.82, 2.24) is 15.5 Å². The van der Waals surface area contributed by atoms with Crippen LogP contribution in [0.2, 0.25) is 0 Å². The van der Waals surface area contributed by atoms with Gasteiger partial charge in [-0.15, -0.1) is 19.4 Å². The predicted molar refractivity (Wildman–Crippen MR) is 197 cm³/mol. The second kappa shape index (κ2) is 28.9. The van der Waals surface area contributed by atoms with Crippen molar-refractivity contribution in [3.8, 4) is 12.8 Å². The van der Waals surface area contributed by atoms with E-state index in [9.17, 15) is 9.59 Å². The third-order valence-corrected chi connectivity index (χ3v) is 8.68. The van der Waals surface area contributed by atoms with Crippen LogP contribution in [0.3, 0.4) is 0 Å². The third-order valence-electron chi connectivity index (χ3n) is 8.68. The summed E-state index contributed by atoms with van der Waals surface area (Å²) in [4.78, 5) is 42.3. The summed E-state index contributed by atoms with van der Waals surface area (Å²) in [6.45, 7) is 16.4. The van der Waals surface area contributed by atoms with Crippen LogP contribution >= 0.6 is 0 Å². The van der Waals surface area contributed by atoms with E-state index in [2.05, 4.69) is 73.0 Å². The number of amides is 4. The molecule has 0 aromatic heterocycles. The average molecular weight is 661 g/mol. The molecule has 10 heteroatoms. The van der Waals surface area contributed by atoms with Gasteiger partial charge in [0.1, 0.15) is 6.04 Å². The Kier molecular flexibility index (Phi) is 28.1. The summed E-state index contributed by atoms with van der Waals surface area (Å²) in [7, 11) is 1.78. The highest BCUT2D eigenvalue weighted by atomic mass is 16.2. The van der Waals surface area contributed by atoms with Gasteiger partial charge in [-0.3, -0.25) is 14.6 Å². The molecule has 270 valence electrons. The van der Waals surface area contributed by atoms with Crippen LogP contribution in [0.4, 0.5) is 4.79 Å². The van der Waals surface area contributed by atoms with Gasteiger partial charge in [-0.05, 0) is 70.1 Å². The number of likely N-dealkylation sites (tertiary alicyclic amines) is 1. The normalized spacial score (nSPS) is 19.1. The number of primary amides is 1. The van der Waals surface area contributed by atoms with E-state index in [0.717, 1.165) is 82.9 Å². The molecular weight excluding hydrogens is 592 g/mol. The molecule has 4 amide bonds. The number of rotatable bonds is 13. The van der Waals surface area contributed by atoms with E-state index < -0.39 is 6.04 Å². The van der Waals surface area contributed by atoms with Crippen molar-refractivity contribution in [3.05, 3.63) is 24.9 Å². The first-order valence-corrected chi connectivity index (χ1v) is 17.6. The maximum Gasteiger partial charge on any atom is 0.315 e. The lowest BCUT2D eigenvalue weighted by Crippen LogP contribution is -2.57. The largest absolute Gasteiger partial charge is 0.398 e. The number of aliphatic imine (C=N–C) groups is 1. The van der Waals surface area contributed by atoms with E-state index in [1.165, 1.54) is 19.3 Å². The fraction of sp³-hybridized carbons (Fsp3) is 0.730. The summed E-state index contributed by atoms with van der Waals surface area (Å²) in [5.41, 5.74) is 11.7. The topological polar surface area (TPSA) is 163 Å². The Morgan fingerprint density at radius 1 is 1.04 bits per heavy atom. The second-order valence-electron chi connectivity index (χ2n) is 12.2. The lowest BCUT2D eigenvalue weighted by atomic mass is 9.82. The van der Waals surface area contributed by atoms with Gasteiger partial charge in [0.25, 0.3) is 0 Å². The first-order chi connectivity index (χ1) is 22.6. The average Bonchev–Trinajstić information content (AvgIpc) is 3.77. The highest BCUT2D eigenvalue weighted by molar-refractivity contribution is 6.01. The first kappa shape index (κ1) is 45.8. The number of carbonyl (C=O) groups is 3. The van der Waals surface area contributed by atoms with Gasteiger partial charge in [0.05, 0.1) is 5.71 Å². The number of aliphatic hydroxyl groups is 1. The van der Waals surface area contributed by atoms with Crippen molar-refractivity contribution >= 4 is 24.1 Å². The molecule has 47 heavy (non-hydrogen) atoms. The monoisotopic (exact) mass is 661 g/mol. The van der Waals surface area contributed by atoms with Crippen molar-refractivity contribution in [2.75, 3.05) is 20.2 Å². The number of nitrogens with zero attached hydrogens (tertiary/aromatic N) is 2. The number of aliphatic hydroxyl groups excluding tert-OH is 1. The quantitative estimate of drug-likeness (QED) is 0.0740. The van der Waals surface area contributed by atoms with Crippen LogP contribution in [0.1, 0.15) is 118 Å². The van der Waals surface area contributed by atoms with Crippen LogP contribution in [0.25, 0.3) is 0 Å². The Morgan fingerprint density at radius 3 is 2.02 bits per heavy atom. The molecule has 2 saturated carbocycles. The summed E-state index contributed by atoms with van der Waals surface area (Å²) in [6.07, 6.45) is 24.9. The van der Waals surface area contributed by atoms with Crippen LogP contribution in [0.15, 0.2) is 29.9 Å². The maximum atomic E-state index is 14.1. The molecule has 0 radical (unpaired) electrons. The number of urea groups is 1. The number of carbonyl (C=O) groups excluding carboxylic acids is 3. The highest BCUT2D eigenvalue weighted by Gasteiger charge is 2.43. The van der Waals surface area contributed by atoms with Crippen molar-refractivity contribution in [2.45, 2.75) is 136 Å². The van der Waals surface area contributed by atoms with E-state index in [1.54, 1.807) is 14.0 Å². The van der Waals surface area contributed by atoms with Gasteiger partial charge in [-0.25, -0.2) is 4.79 Å². The van der Waals surface area contributed by atoms with Gasteiger partial charge in [0.2, 0.25) is 12.3 Å². The second-order valence-corrected chi connectivity index (χ2v) is 12.2. The molecule has 0 aromatic carbocycles. The van der Waals surface area contributed by atoms with E-state index in [1.807, 2.05) is 6.08 Å². The number of allylic oxidation sites excluding steroid dienone is 2. The number of nitrogens with one attached hydrogen (secondary N) is 2. The minimum atomic E-state index is -0.472. The van der Waals surface area contributed by atoms with Crippen LogP contribution in [0.5, 0.6) is 0 Å². The molecule has 4 atom stereocenters. The molecular formula is C37H68N6O4. The molecule has 0 aromatic rings. The molecule has 2 aliphatic carbocycles. The van der Waals surface area contributed by atoms with Gasteiger partial charge in [-0.1, -0.05) is 72.0 Å². The van der Waals surface area contributed by atoms with Crippen LogP contribution in [0, 0.1) is 30.6 Å². The molecule has 0 bridgehead atoms. The molecule has 7 N–H and O–H groups in total. The fourth-order valence-corrected chi connectivity index (χ4v) is 6.32. The van der Waals surface area contributed by atoms with Gasteiger partial charge < -0.3 is 32.1 Å². The van der Waals surface area contributed by atoms with Crippen molar-refractivity contribution in [3.63, 3.8) is 0 Å². The van der Waals surface area contributed by atoms with Crippen molar-refractivity contribution < 1.29 is 19.5 Å². The standard InChI is InChI=1S/C28H49N5O2.C4H8.C2H6O.C2H2.CH3NO/c1-5-11-22(6-2)31-28(35)32-26(21-12-8-7-9-13-21)27(34)33-17-10-14-24(33)23(18-20-15-16-20)25(30-4)19(3)29;1-3-4-2;1-2-3;1-2;2-1-3/h20-24,26H,3,5-18,29H2,1-2,4H3,(H2,31,32,35);3H,1,4H2,2H3;3H,2H2,1H3;1-2H;1H,(H2,2,3). The number of nitrogens with two attached hydrogens (primary N) is 2. The summed E-state index contributed by atoms with van der Waals surface area (Å²) in [5, 5.41) is 13.8. The van der Waals surface area contributed by atoms with Gasteiger partial charge in [0.15, 0.2) is 0 Å². The van der Waals surface area contributed by atoms with Gasteiger partial charge in [0, 0.05) is 43.9 Å². The van der Waals surface area contributed by atoms with Crippen molar-refractivity contribution in [1.29, 1.82) is 0 Å². The maximum absolute atomic E-state index is 14.1. The summed E-state index contributed by atoms with van der Waals surface area (Å²) in [5.74, 6) is 1.08. The minimum absolute atomic E-state index is 0.0709. The number of hydrogen-bond donors (Lipinski definition) is 5. The Bertz CT molecular complexity index is 927. The molecule has 10 nitrogen and oxygen atoms in total. The highest BCUT2D eigenvalue weighted by Crippen LogP contribution is 2.40. The Balaban J connectivity index is 0. The van der Waals surface area contributed by atoms with E-state index in [0.29, 0.717) is 11.6 Å². The number of hydrogen-bond acceptors (Lipinski definition) is 6. The first-order valence-electron chi connectivity index (χ1n) is 17.6. The number of terminal acetylenes is 1. The SMILES string of the molecule is C#C.C=C(N)C(=NC)C(CC1CC1)C1CCCN1C(=O)C(NC(=O)NC(CC)CCC)C1CCCCC1.C=CCC.CCO.NC=O. The van der Waals surface area contributed by atoms with E-state index in [4.69, 9.17) is 15.6 Å². The molecule has 3 aliphatic rings. The van der Waals surface area contributed by atoms with Gasteiger partial charge >= 0.3 is 6.03 Å². The summed E-state index contributed by atoms with van der Waals surface area (Å²) < 4.78 is 0. The zero-order chi connectivity index (χ0) is 36.2. The zero-order valence-corrected chi connectivity index (χ0v) is 30.2. The smallest absolute Gasteiger partial charge is 0.315 e. The lowest BCUT2D eigenvalue weighted by Gasteiger charge is -2.38. The fourth-order valence-electron chi connectivity index (χ4n) is 6.32. The molecule has 0 spiro atoms. The van der Waals surface area contributed by atoms with Crippen LogP contribution in [-0.2, 0) is 9.59 Å². The minimum Gasteiger partial charge on any atom is -0.398 e. The molecule has 1 saturated heterocycles. The van der Waals surface area contributed by atoms with Crippen LogP contribution < -0.4 is 22.1 Å². The Labute approximate surface area is 286 Å². The van der Waals surface area contributed by atoms with Crippen LogP contribution in [-0.4, -0.2) is 72.4 Å². The van der Waals surface area contributed by atoms with E-state index >= 15 is 0 Å². The Hall–Kier alpha value is -3.32. The predicted octanol–water partition coefficient (Wildman–Crippen LogP) is 5.70. The van der Waals surface area contributed by atoms with Crippen molar-refractivity contribution in [2.24, 2.45) is 34.2 Å². The molecule has 1 heterocycles. The zero-order valence-electron chi connectivity index (χ0n) is 30.2. The molecule has 3 fully saturated rings. The summed E-state index contributed by atoms with van der Waals surface area (Å²) >= 11 is 0. The third kappa shape index (κ3) is 18.6.